The Morgan fingerprint density at radius 3 is 2.00 bits per heavy atom. The molecule has 2 heterocycles. The second kappa shape index (κ2) is 7.39. The summed E-state index contributed by atoms with van der Waals surface area (Å²) in [7, 11) is 5.40. The molecule has 0 aromatic carbocycles. The van der Waals surface area contributed by atoms with Crippen molar-refractivity contribution in [3.8, 4) is 0 Å². The summed E-state index contributed by atoms with van der Waals surface area (Å²) in [6.07, 6.45) is 9.35. The highest BCUT2D eigenvalue weighted by molar-refractivity contribution is 5.86. The van der Waals surface area contributed by atoms with Crippen molar-refractivity contribution >= 4 is 5.91 Å². The first kappa shape index (κ1) is 17.7. The SMILES string of the molecule is COC1(C(=O)NC(c2ccnn2C)c2ccnn2C)CCCCCC1. The van der Waals surface area contributed by atoms with Gasteiger partial charge in [-0.1, -0.05) is 25.7 Å². The van der Waals surface area contributed by atoms with E-state index in [0.717, 1.165) is 49.9 Å². The molecule has 0 spiro atoms. The van der Waals surface area contributed by atoms with Gasteiger partial charge in [0.2, 0.25) is 0 Å². The molecule has 0 bridgehead atoms. The average Bonchev–Trinajstić information content (AvgIpc) is 3.13. The van der Waals surface area contributed by atoms with Crippen LogP contribution in [0, 0.1) is 0 Å². The standard InChI is InChI=1S/C18H27N5O2/c1-22-14(8-12-19-22)16(15-9-13-20-23(15)2)21-17(24)18(25-3)10-6-4-5-7-11-18/h8-9,12-13,16H,4-7,10-11H2,1-3H3,(H,21,24). The Bertz CT molecular complexity index is 672. The van der Waals surface area contributed by atoms with Crippen LogP contribution in [0.2, 0.25) is 0 Å². The molecule has 25 heavy (non-hydrogen) atoms. The van der Waals surface area contributed by atoms with Crippen molar-refractivity contribution in [2.75, 3.05) is 7.11 Å². The number of methoxy groups -OCH3 is 1. The van der Waals surface area contributed by atoms with Crippen molar-refractivity contribution in [2.45, 2.75) is 50.2 Å². The Labute approximate surface area is 148 Å². The molecule has 7 heteroatoms. The summed E-state index contributed by atoms with van der Waals surface area (Å²) in [5.41, 5.74) is 1.08. The fourth-order valence-electron chi connectivity index (χ4n) is 3.72. The highest BCUT2D eigenvalue weighted by Crippen LogP contribution is 2.32. The highest BCUT2D eigenvalue weighted by atomic mass is 16.5. The second-order valence-electron chi connectivity index (χ2n) is 6.78. The van der Waals surface area contributed by atoms with Crippen molar-refractivity contribution in [1.29, 1.82) is 0 Å². The van der Waals surface area contributed by atoms with Gasteiger partial charge in [0.25, 0.3) is 5.91 Å². The predicted octanol–water partition coefficient (Wildman–Crippen LogP) is 2.10. The van der Waals surface area contributed by atoms with Gasteiger partial charge < -0.3 is 10.1 Å². The topological polar surface area (TPSA) is 74.0 Å². The third-order valence-corrected chi connectivity index (χ3v) is 5.30. The van der Waals surface area contributed by atoms with E-state index in [0.29, 0.717) is 0 Å². The molecule has 0 atom stereocenters. The highest BCUT2D eigenvalue weighted by Gasteiger charge is 2.40. The molecular weight excluding hydrogens is 318 g/mol. The van der Waals surface area contributed by atoms with Gasteiger partial charge in [-0.3, -0.25) is 14.2 Å². The summed E-state index contributed by atoms with van der Waals surface area (Å²) in [4.78, 5) is 13.2. The summed E-state index contributed by atoms with van der Waals surface area (Å²) in [6.45, 7) is 0. The van der Waals surface area contributed by atoms with Crippen molar-refractivity contribution in [1.82, 2.24) is 24.9 Å². The fourth-order valence-corrected chi connectivity index (χ4v) is 3.72. The van der Waals surface area contributed by atoms with Gasteiger partial charge in [0.1, 0.15) is 11.6 Å². The van der Waals surface area contributed by atoms with E-state index in [1.54, 1.807) is 28.9 Å². The first-order chi connectivity index (χ1) is 12.1. The van der Waals surface area contributed by atoms with Gasteiger partial charge >= 0.3 is 0 Å². The van der Waals surface area contributed by atoms with Crippen LogP contribution in [0.4, 0.5) is 0 Å². The molecule has 136 valence electrons. The maximum absolute atomic E-state index is 13.2. The van der Waals surface area contributed by atoms with E-state index in [9.17, 15) is 4.79 Å². The van der Waals surface area contributed by atoms with Gasteiger partial charge in [-0.2, -0.15) is 10.2 Å². The minimum Gasteiger partial charge on any atom is -0.368 e. The number of carbonyl (C=O) groups excluding carboxylic acids is 1. The Kier molecular flexibility index (Phi) is 5.22. The number of nitrogens with one attached hydrogen (secondary N) is 1. The van der Waals surface area contributed by atoms with Gasteiger partial charge in [-0.25, -0.2) is 0 Å². The third kappa shape index (κ3) is 3.46. The number of nitrogens with zero attached hydrogens (tertiary/aromatic N) is 4. The van der Waals surface area contributed by atoms with E-state index in [4.69, 9.17) is 4.74 Å². The Morgan fingerprint density at radius 2 is 1.60 bits per heavy atom. The third-order valence-electron chi connectivity index (χ3n) is 5.30. The lowest BCUT2D eigenvalue weighted by molar-refractivity contribution is -0.145. The number of aromatic nitrogens is 4. The van der Waals surface area contributed by atoms with E-state index in [1.165, 1.54) is 0 Å². The number of hydrogen-bond acceptors (Lipinski definition) is 4. The first-order valence-electron chi connectivity index (χ1n) is 8.89. The molecular formula is C18H27N5O2. The summed E-state index contributed by atoms with van der Waals surface area (Å²) in [5, 5.41) is 11.7. The number of hydrogen-bond donors (Lipinski definition) is 1. The normalized spacial score (nSPS) is 17.4. The number of ether oxygens (including phenoxy) is 1. The van der Waals surface area contributed by atoms with Gasteiger partial charge in [0.15, 0.2) is 0 Å². The molecule has 1 aliphatic rings. The quantitative estimate of drug-likeness (QED) is 0.842. The molecule has 3 rings (SSSR count). The Hall–Kier alpha value is -2.15. The van der Waals surface area contributed by atoms with Crippen molar-refractivity contribution in [3.05, 3.63) is 35.9 Å². The number of rotatable bonds is 5. The lowest BCUT2D eigenvalue weighted by Crippen LogP contribution is -2.49. The average molecular weight is 345 g/mol. The summed E-state index contributed by atoms with van der Waals surface area (Å²) in [6, 6.07) is 3.53. The molecule has 2 aromatic rings. The molecule has 0 unspecified atom stereocenters. The van der Waals surface area contributed by atoms with Crippen LogP contribution in [0.3, 0.4) is 0 Å². The monoisotopic (exact) mass is 345 g/mol. The van der Waals surface area contributed by atoms with Crippen LogP contribution in [-0.2, 0) is 23.6 Å². The van der Waals surface area contributed by atoms with Gasteiger partial charge in [-0.05, 0) is 25.0 Å². The van der Waals surface area contributed by atoms with Crippen molar-refractivity contribution < 1.29 is 9.53 Å². The molecule has 1 amide bonds. The molecule has 1 saturated carbocycles. The zero-order chi connectivity index (χ0) is 17.9. The number of carbonyl (C=O) groups is 1. The van der Waals surface area contributed by atoms with E-state index in [-0.39, 0.29) is 11.9 Å². The molecule has 0 aliphatic heterocycles. The summed E-state index contributed by atoms with van der Waals surface area (Å²) < 4.78 is 9.32. The smallest absolute Gasteiger partial charge is 0.253 e. The molecule has 1 aliphatic carbocycles. The van der Waals surface area contributed by atoms with Crippen LogP contribution in [0.1, 0.15) is 56.0 Å². The van der Waals surface area contributed by atoms with E-state index < -0.39 is 5.60 Å². The van der Waals surface area contributed by atoms with Crippen LogP contribution in [0.5, 0.6) is 0 Å². The Morgan fingerprint density at radius 1 is 1.08 bits per heavy atom. The Balaban J connectivity index is 1.91. The maximum atomic E-state index is 13.2. The van der Waals surface area contributed by atoms with Crippen LogP contribution in [0.25, 0.3) is 0 Å². The minimum absolute atomic E-state index is 0.0516. The lowest BCUT2D eigenvalue weighted by Gasteiger charge is -2.32. The summed E-state index contributed by atoms with van der Waals surface area (Å²) in [5.74, 6) is -0.0516. The fraction of sp³-hybridized carbons (Fsp3) is 0.611. The van der Waals surface area contributed by atoms with Gasteiger partial charge in [0, 0.05) is 33.6 Å². The van der Waals surface area contributed by atoms with E-state index in [2.05, 4.69) is 15.5 Å². The minimum atomic E-state index is -0.744. The first-order valence-corrected chi connectivity index (χ1v) is 8.89. The number of amides is 1. The van der Waals surface area contributed by atoms with Crippen molar-refractivity contribution in [2.24, 2.45) is 14.1 Å². The van der Waals surface area contributed by atoms with Gasteiger partial charge in [0.05, 0.1) is 11.4 Å². The second-order valence-corrected chi connectivity index (χ2v) is 6.78. The lowest BCUT2D eigenvalue weighted by atomic mass is 9.92. The van der Waals surface area contributed by atoms with Crippen LogP contribution < -0.4 is 5.32 Å². The van der Waals surface area contributed by atoms with E-state index >= 15 is 0 Å². The molecule has 1 fully saturated rings. The molecule has 0 saturated heterocycles. The van der Waals surface area contributed by atoms with Gasteiger partial charge in [-0.15, -0.1) is 0 Å². The largest absolute Gasteiger partial charge is 0.368 e. The number of aryl methyl sites for hydroxylation is 2. The molecule has 1 N–H and O–H groups in total. The molecule has 2 aromatic heterocycles. The van der Waals surface area contributed by atoms with Crippen LogP contribution in [0.15, 0.2) is 24.5 Å². The summed E-state index contributed by atoms with van der Waals surface area (Å²) >= 11 is 0. The molecule has 7 nitrogen and oxygen atoms in total. The zero-order valence-electron chi connectivity index (χ0n) is 15.2. The zero-order valence-corrected chi connectivity index (χ0v) is 15.2. The molecule has 0 radical (unpaired) electrons. The van der Waals surface area contributed by atoms with E-state index in [1.807, 2.05) is 26.2 Å². The predicted molar refractivity (Wildman–Crippen MR) is 93.8 cm³/mol. The van der Waals surface area contributed by atoms with Crippen molar-refractivity contribution in [3.63, 3.8) is 0 Å². The van der Waals surface area contributed by atoms with Crippen LogP contribution >= 0.6 is 0 Å². The van der Waals surface area contributed by atoms with Crippen LogP contribution in [-0.4, -0.2) is 38.2 Å². The maximum Gasteiger partial charge on any atom is 0.253 e.